The number of likely N-dealkylation sites (tertiary alicyclic amines) is 1. The lowest BCUT2D eigenvalue weighted by Crippen LogP contribution is -2.52. The number of urea groups is 1. The average Bonchev–Trinajstić information content (AvgIpc) is 3.06. The first kappa shape index (κ1) is 18.6. The Morgan fingerprint density at radius 3 is 2.96 bits per heavy atom. The maximum absolute atomic E-state index is 12.5. The number of nitrogens with zero attached hydrogens (tertiary/aromatic N) is 2. The third kappa shape index (κ3) is 4.12. The fourth-order valence-corrected chi connectivity index (χ4v) is 3.62. The van der Waals surface area contributed by atoms with Crippen molar-refractivity contribution in [2.24, 2.45) is 0 Å². The molecule has 1 unspecified atom stereocenters. The van der Waals surface area contributed by atoms with Gasteiger partial charge in [-0.05, 0) is 37.1 Å². The number of hydrogen-bond donors (Lipinski definition) is 2. The molecule has 1 aromatic carbocycles. The molecule has 2 heterocycles. The number of aromatic amines is 1. The summed E-state index contributed by atoms with van der Waals surface area (Å²) < 4.78 is 0. The smallest absolute Gasteiger partial charge is 0.317 e. The molecule has 140 valence electrons. The SMILES string of the molecule is CCC(=O)N1CCCC(N(C)C(=O)NCc2cc3cc(Cl)ccc3[nH]2)C1. The molecule has 1 atom stereocenters. The van der Waals surface area contributed by atoms with Crippen LogP contribution in [0.2, 0.25) is 5.02 Å². The van der Waals surface area contributed by atoms with Crippen molar-refractivity contribution >= 4 is 34.4 Å². The molecule has 0 bridgehead atoms. The summed E-state index contributed by atoms with van der Waals surface area (Å²) in [5.74, 6) is 0.153. The molecule has 0 spiro atoms. The minimum absolute atomic E-state index is 0.0563. The number of fused-ring (bicyclic) bond motifs is 1. The van der Waals surface area contributed by atoms with Crippen LogP contribution in [0.3, 0.4) is 0 Å². The Morgan fingerprint density at radius 1 is 1.38 bits per heavy atom. The van der Waals surface area contributed by atoms with E-state index in [1.54, 1.807) is 11.9 Å². The number of aromatic nitrogens is 1. The van der Waals surface area contributed by atoms with E-state index >= 15 is 0 Å². The highest BCUT2D eigenvalue weighted by Crippen LogP contribution is 2.20. The second kappa shape index (κ2) is 7.99. The van der Waals surface area contributed by atoms with E-state index in [-0.39, 0.29) is 18.0 Å². The number of H-pyrrole nitrogens is 1. The van der Waals surface area contributed by atoms with Crippen LogP contribution in [0.4, 0.5) is 4.79 Å². The first-order chi connectivity index (χ1) is 12.5. The number of likely N-dealkylation sites (N-methyl/N-ethyl adjacent to an activating group) is 1. The predicted octanol–water partition coefficient (Wildman–Crippen LogP) is 3.36. The summed E-state index contributed by atoms with van der Waals surface area (Å²) in [6.45, 7) is 3.69. The van der Waals surface area contributed by atoms with E-state index in [9.17, 15) is 9.59 Å². The Kier molecular flexibility index (Phi) is 5.71. The number of amides is 3. The van der Waals surface area contributed by atoms with E-state index in [1.165, 1.54) is 0 Å². The minimum atomic E-state index is -0.127. The Morgan fingerprint density at radius 2 is 2.19 bits per heavy atom. The summed E-state index contributed by atoms with van der Waals surface area (Å²) in [6.07, 6.45) is 2.35. The van der Waals surface area contributed by atoms with E-state index in [2.05, 4.69) is 10.3 Å². The number of halogens is 1. The van der Waals surface area contributed by atoms with Crippen molar-refractivity contribution in [3.8, 4) is 0 Å². The van der Waals surface area contributed by atoms with Crippen molar-refractivity contribution in [3.05, 3.63) is 35.0 Å². The van der Waals surface area contributed by atoms with Crippen molar-refractivity contribution in [2.75, 3.05) is 20.1 Å². The first-order valence-corrected chi connectivity index (χ1v) is 9.41. The van der Waals surface area contributed by atoms with E-state index in [4.69, 9.17) is 11.6 Å². The standard InChI is InChI=1S/C19H25ClN4O2/c1-3-18(25)24-8-4-5-16(12-24)23(2)19(26)21-11-15-10-13-9-14(20)6-7-17(13)22-15/h6-7,9-10,16,22H,3-5,8,11-12H2,1-2H3,(H,21,26). The number of piperidine rings is 1. The maximum Gasteiger partial charge on any atom is 0.317 e. The predicted molar refractivity (Wildman–Crippen MR) is 103 cm³/mol. The van der Waals surface area contributed by atoms with Crippen molar-refractivity contribution in [3.63, 3.8) is 0 Å². The molecule has 1 aliphatic heterocycles. The van der Waals surface area contributed by atoms with Crippen molar-refractivity contribution < 1.29 is 9.59 Å². The monoisotopic (exact) mass is 376 g/mol. The van der Waals surface area contributed by atoms with Crippen LogP contribution in [0.15, 0.2) is 24.3 Å². The largest absolute Gasteiger partial charge is 0.357 e. The molecule has 1 fully saturated rings. The van der Waals surface area contributed by atoms with Crippen molar-refractivity contribution in [1.82, 2.24) is 20.1 Å². The van der Waals surface area contributed by atoms with E-state index in [0.717, 1.165) is 36.0 Å². The molecule has 2 aromatic rings. The van der Waals surface area contributed by atoms with E-state index < -0.39 is 0 Å². The molecule has 0 aliphatic carbocycles. The lowest BCUT2D eigenvalue weighted by atomic mass is 10.0. The topological polar surface area (TPSA) is 68.4 Å². The number of benzene rings is 1. The van der Waals surface area contributed by atoms with Crippen LogP contribution in [0, 0.1) is 0 Å². The highest BCUT2D eigenvalue weighted by Gasteiger charge is 2.27. The van der Waals surface area contributed by atoms with Crippen LogP contribution < -0.4 is 5.32 Å². The quantitative estimate of drug-likeness (QED) is 0.859. The highest BCUT2D eigenvalue weighted by atomic mass is 35.5. The van der Waals surface area contributed by atoms with Crippen LogP contribution in [-0.2, 0) is 11.3 Å². The molecule has 2 N–H and O–H groups in total. The van der Waals surface area contributed by atoms with Gasteiger partial charge in [0.15, 0.2) is 0 Å². The fourth-order valence-electron chi connectivity index (χ4n) is 3.44. The Balaban J connectivity index is 1.57. The van der Waals surface area contributed by atoms with Gasteiger partial charge in [0.2, 0.25) is 5.91 Å². The summed E-state index contributed by atoms with van der Waals surface area (Å²) in [7, 11) is 1.80. The number of nitrogens with one attached hydrogen (secondary N) is 2. The fraction of sp³-hybridized carbons (Fsp3) is 0.474. The molecule has 3 amide bonds. The van der Waals surface area contributed by atoms with Gasteiger partial charge >= 0.3 is 6.03 Å². The van der Waals surface area contributed by atoms with Gasteiger partial charge in [-0.2, -0.15) is 0 Å². The van der Waals surface area contributed by atoms with Crippen LogP contribution in [0.1, 0.15) is 31.9 Å². The van der Waals surface area contributed by atoms with Crippen LogP contribution in [0.25, 0.3) is 10.9 Å². The van der Waals surface area contributed by atoms with Crippen molar-refractivity contribution in [1.29, 1.82) is 0 Å². The van der Waals surface area contributed by atoms with E-state index in [0.29, 0.717) is 24.5 Å². The highest BCUT2D eigenvalue weighted by molar-refractivity contribution is 6.31. The van der Waals surface area contributed by atoms with Crippen LogP contribution in [0.5, 0.6) is 0 Å². The number of hydrogen-bond acceptors (Lipinski definition) is 2. The van der Waals surface area contributed by atoms with Gasteiger partial charge in [-0.25, -0.2) is 4.79 Å². The van der Waals surface area contributed by atoms with Gasteiger partial charge in [0, 0.05) is 48.2 Å². The number of rotatable bonds is 4. The van der Waals surface area contributed by atoms with Crippen LogP contribution >= 0.6 is 11.6 Å². The van der Waals surface area contributed by atoms with Gasteiger partial charge in [-0.1, -0.05) is 18.5 Å². The molecule has 0 radical (unpaired) electrons. The number of carbonyl (C=O) groups excluding carboxylic acids is 2. The summed E-state index contributed by atoms with van der Waals surface area (Å²) in [4.78, 5) is 31.3. The maximum atomic E-state index is 12.5. The second-order valence-electron chi connectivity index (χ2n) is 6.79. The summed E-state index contributed by atoms with van der Waals surface area (Å²) >= 11 is 6.01. The lowest BCUT2D eigenvalue weighted by molar-refractivity contribution is -0.132. The number of carbonyl (C=O) groups is 2. The van der Waals surface area contributed by atoms with Gasteiger partial charge in [0.05, 0.1) is 12.6 Å². The van der Waals surface area contributed by atoms with E-state index in [1.807, 2.05) is 36.1 Å². The summed E-state index contributed by atoms with van der Waals surface area (Å²) in [6, 6.07) is 7.58. The Labute approximate surface area is 158 Å². The van der Waals surface area contributed by atoms with Crippen molar-refractivity contribution in [2.45, 2.75) is 38.8 Å². The summed E-state index contributed by atoms with van der Waals surface area (Å²) in [5, 5.41) is 4.66. The Bertz CT molecular complexity index is 804. The molecule has 1 aromatic heterocycles. The van der Waals surface area contributed by atoms with Gasteiger partial charge < -0.3 is 20.1 Å². The van der Waals surface area contributed by atoms with Gasteiger partial charge in [0.25, 0.3) is 0 Å². The molecule has 1 saturated heterocycles. The van der Waals surface area contributed by atoms with Crippen LogP contribution in [-0.4, -0.2) is 52.9 Å². The third-order valence-corrected chi connectivity index (χ3v) is 5.22. The minimum Gasteiger partial charge on any atom is -0.357 e. The molecule has 0 saturated carbocycles. The molecule has 7 heteroatoms. The molecule has 1 aliphatic rings. The molecule has 26 heavy (non-hydrogen) atoms. The molecule has 6 nitrogen and oxygen atoms in total. The first-order valence-electron chi connectivity index (χ1n) is 9.03. The van der Waals surface area contributed by atoms with Gasteiger partial charge in [-0.3, -0.25) is 4.79 Å². The second-order valence-corrected chi connectivity index (χ2v) is 7.22. The normalized spacial score (nSPS) is 17.3. The van der Waals surface area contributed by atoms with Gasteiger partial charge in [0.1, 0.15) is 0 Å². The summed E-state index contributed by atoms with van der Waals surface area (Å²) in [5.41, 5.74) is 1.92. The Hall–Kier alpha value is -2.21. The zero-order chi connectivity index (χ0) is 18.7. The zero-order valence-corrected chi connectivity index (χ0v) is 16.0. The molecule has 3 rings (SSSR count). The zero-order valence-electron chi connectivity index (χ0n) is 15.2. The van der Waals surface area contributed by atoms with Gasteiger partial charge in [-0.15, -0.1) is 0 Å². The molecular formula is C19H25ClN4O2. The lowest BCUT2D eigenvalue weighted by Gasteiger charge is -2.37. The third-order valence-electron chi connectivity index (χ3n) is 4.99. The average molecular weight is 377 g/mol. The molecular weight excluding hydrogens is 352 g/mol.